The Balaban J connectivity index is 2.00. The van der Waals surface area contributed by atoms with Crippen LogP contribution in [-0.4, -0.2) is 10.1 Å². The summed E-state index contributed by atoms with van der Waals surface area (Å²) < 4.78 is 6.05. The van der Waals surface area contributed by atoms with Crippen LogP contribution >= 0.6 is 0 Å². The fraction of sp³-hybridized carbons (Fsp3) is 0.167. The van der Waals surface area contributed by atoms with Gasteiger partial charge < -0.3 is 14.5 Å². The molecule has 0 aliphatic carbocycles. The molecule has 4 aromatic carbocycles. The SMILES string of the molecule is CC(C)(C)c1ccc2[nH]c3c(cc(O)c4c(=O)c5ccccc5c(=O)c43)oc2c1. The molecule has 0 amide bonds. The van der Waals surface area contributed by atoms with Crippen LogP contribution in [0.2, 0.25) is 0 Å². The van der Waals surface area contributed by atoms with Gasteiger partial charge in [0.2, 0.25) is 0 Å². The van der Waals surface area contributed by atoms with Crippen LogP contribution in [0.15, 0.2) is 62.5 Å². The van der Waals surface area contributed by atoms with Crippen LogP contribution in [-0.2, 0) is 5.41 Å². The van der Waals surface area contributed by atoms with Gasteiger partial charge in [0.1, 0.15) is 5.75 Å². The lowest BCUT2D eigenvalue weighted by Crippen LogP contribution is -2.13. The molecule has 1 aromatic heterocycles. The summed E-state index contributed by atoms with van der Waals surface area (Å²) >= 11 is 0. The molecule has 0 aliphatic heterocycles. The minimum Gasteiger partial charge on any atom is -0.507 e. The van der Waals surface area contributed by atoms with Crippen molar-refractivity contribution in [1.29, 1.82) is 0 Å². The highest BCUT2D eigenvalue weighted by Crippen LogP contribution is 2.33. The van der Waals surface area contributed by atoms with Crippen molar-refractivity contribution in [2.75, 3.05) is 0 Å². The first-order chi connectivity index (χ1) is 13.8. The van der Waals surface area contributed by atoms with Gasteiger partial charge in [-0.15, -0.1) is 0 Å². The highest BCUT2D eigenvalue weighted by molar-refractivity contribution is 6.12. The second-order valence-electron chi connectivity index (χ2n) is 8.41. The Labute approximate surface area is 165 Å². The Hall–Kier alpha value is -3.60. The number of rotatable bonds is 0. The number of aromatic nitrogens is 1. The zero-order valence-corrected chi connectivity index (χ0v) is 16.3. The fourth-order valence-corrected chi connectivity index (χ4v) is 3.88. The lowest BCUT2D eigenvalue weighted by molar-refractivity contribution is 0.480. The second kappa shape index (κ2) is 5.70. The van der Waals surface area contributed by atoms with Crippen LogP contribution < -0.4 is 10.9 Å². The molecule has 0 saturated carbocycles. The Morgan fingerprint density at radius 3 is 2.17 bits per heavy atom. The van der Waals surface area contributed by atoms with E-state index in [2.05, 4.69) is 25.8 Å². The third-order valence-corrected chi connectivity index (χ3v) is 5.47. The molecule has 0 spiro atoms. The summed E-state index contributed by atoms with van der Waals surface area (Å²) in [6, 6.07) is 13.9. The lowest BCUT2D eigenvalue weighted by Gasteiger charge is -2.19. The zero-order valence-electron chi connectivity index (χ0n) is 16.3. The summed E-state index contributed by atoms with van der Waals surface area (Å²) in [7, 11) is 0. The van der Waals surface area contributed by atoms with Gasteiger partial charge in [0.25, 0.3) is 0 Å². The normalized spacial score (nSPS) is 12.4. The molecule has 0 saturated heterocycles. The Morgan fingerprint density at radius 2 is 1.52 bits per heavy atom. The molecule has 144 valence electrons. The Bertz CT molecular complexity index is 1580. The topological polar surface area (TPSA) is 83.3 Å². The van der Waals surface area contributed by atoms with Crippen molar-refractivity contribution >= 4 is 43.7 Å². The molecule has 0 unspecified atom stereocenters. The van der Waals surface area contributed by atoms with E-state index in [0.717, 1.165) is 5.56 Å². The molecule has 5 heteroatoms. The van der Waals surface area contributed by atoms with Crippen LogP contribution in [0.4, 0.5) is 0 Å². The number of H-pyrrole nitrogens is 1. The van der Waals surface area contributed by atoms with Crippen LogP contribution in [0.5, 0.6) is 5.75 Å². The largest absolute Gasteiger partial charge is 0.507 e. The molecule has 5 aromatic rings. The highest BCUT2D eigenvalue weighted by Gasteiger charge is 2.19. The molecule has 0 atom stereocenters. The molecule has 5 nitrogen and oxygen atoms in total. The number of hydrogen-bond donors (Lipinski definition) is 2. The van der Waals surface area contributed by atoms with Crippen LogP contribution in [0, 0.1) is 0 Å². The van der Waals surface area contributed by atoms with Gasteiger partial charge in [-0.05, 0) is 23.1 Å². The number of benzene rings is 4. The smallest absolute Gasteiger partial charge is 0.198 e. The quantitative estimate of drug-likeness (QED) is 0.292. The van der Waals surface area contributed by atoms with Crippen molar-refractivity contribution < 1.29 is 9.52 Å². The van der Waals surface area contributed by atoms with Crippen LogP contribution in [0.3, 0.4) is 0 Å². The number of aromatic hydroxyl groups is 1. The molecule has 2 N–H and O–H groups in total. The maximum atomic E-state index is 13.2. The van der Waals surface area contributed by atoms with Crippen molar-refractivity contribution in [3.63, 3.8) is 0 Å². The lowest BCUT2D eigenvalue weighted by atomic mass is 9.87. The Kier molecular flexibility index (Phi) is 3.44. The summed E-state index contributed by atoms with van der Waals surface area (Å²) in [5.41, 5.74) is 2.41. The van der Waals surface area contributed by atoms with E-state index in [1.165, 1.54) is 6.07 Å². The fourth-order valence-electron chi connectivity index (χ4n) is 3.88. The van der Waals surface area contributed by atoms with E-state index < -0.39 is 0 Å². The highest BCUT2D eigenvalue weighted by atomic mass is 16.3. The van der Waals surface area contributed by atoms with E-state index in [-0.39, 0.29) is 32.8 Å². The van der Waals surface area contributed by atoms with Crippen molar-refractivity contribution in [3.05, 3.63) is 74.5 Å². The van der Waals surface area contributed by atoms with Gasteiger partial charge in [0.15, 0.2) is 22.0 Å². The van der Waals surface area contributed by atoms with Gasteiger partial charge in [0.05, 0.1) is 21.8 Å². The van der Waals surface area contributed by atoms with E-state index in [4.69, 9.17) is 4.42 Å². The van der Waals surface area contributed by atoms with Gasteiger partial charge in [0, 0.05) is 16.8 Å². The predicted octanol–water partition coefficient (Wildman–Crippen LogP) is 4.94. The molecule has 29 heavy (non-hydrogen) atoms. The average Bonchev–Trinajstić information content (AvgIpc) is 2.68. The first kappa shape index (κ1) is 17.5. The number of hydrogen-bond acceptors (Lipinski definition) is 4. The number of phenols is 1. The van der Waals surface area contributed by atoms with Crippen molar-refractivity contribution in [3.8, 4) is 5.75 Å². The molecule has 0 fully saturated rings. The van der Waals surface area contributed by atoms with Crippen LogP contribution in [0.1, 0.15) is 26.3 Å². The molecular weight excluding hydrogens is 366 g/mol. The molecule has 1 heterocycles. The molecule has 5 rings (SSSR count). The van der Waals surface area contributed by atoms with E-state index in [1.807, 2.05) is 18.2 Å². The maximum absolute atomic E-state index is 13.2. The summed E-state index contributed by atoms with van der Waals surface area (Å²) in [6.45, 7) is 6.34. The average molecular weight is 385 g/mol. The van der Waals surface area contributed by atoms with E-state index in [1.54, 1.807) is 24.3 Å². The monoisotopic (exact) mass is 385 g/mol. The predicted molar refractivity (Wildman–Crippen MR) is 116 cm³/mol. The van der Waals surface area contributed by atoms with E-state index >= 15 is 0 Å². The van der Waals surface area contributed by atoms with Gasteiger partial charge in [-0.1, -0.05) is 51.1 Å². The molecule has 0 aliphatic rings. The van der Waals surface area contributed by atoms with Gasteiger partial charge in [-0.3, -0.25) is 9.59 Å². The third-order valence-electron chi connectivity index (χ3n) is 5.47. The van der Waals surface area contributed by atoms with Crippen molar-refractivity contribution in [2.24, 2.45) is 0 Å². The zero-order chi connectivity index (χ0) is 20.5. The first-order valence-electron chi connectivity index (χ1n) is 9.43. The second-order valence-corrected chi connectivity index (χ2v) is 8.41. The van der Waals surface area contributed by atoms with Gasteiger partial charge in [-0.25, -0.2) is 0 Å². The number of phenolic OH excluding ortho intramolecular Hbond substituents is 1. The number of nitrogens with one attached hydrogen (secondary N) is 1. The first-order valence-corrected chi connectivity index (χ1v) is 9.43. The minimum absolute atomic E-state index is 0.0123. The number of fused-ring (bicyclic) bond motifs is 5. The van der Waals surface area contributed by atoms with E-state index in [0.29, 0.717) is 33.0 Å². The third kappa shape index (κ3) is 2.47. The maximum Gasteiger partial charge on any atom is 0.198 e. The van der Waals surface area contributed by atoms with Gasteiger partial charge >= 0.3 is 0 Å². The van der Waals surface area contributed by atoms with Gasteiger partial charge in [-0.2, -0.15) is 0 Å². The molecule has 0 bridgehead atoms. The van der Waals surface area contributed by atoms with Crippen LogP contribution in [0.25, 0.3) is 43.7 Å². The van der Waals surface area contributed by atoms with Crippen molar-refractivity contribution in [2.45, 2.75) is 26.2 Å². The standard InChI is InChI=1S/C24H19NO4/c1-24(2,3)12-8-9-15-17(10-12)29-18-11-16(26)19-20(21(18)25-15)23(28)14-7-5-4-6-13(14)22(19)27/h4-11,25-26H,1-3H3. The minimum atomic E-state index is -0.369. The Morgan fingerprint density at radius 1 is 0.862 bits per heavy atom. The summed E-state index contributed by atoms with van der Waals surface area (Å²) in [5.74, 6) is -0.260. The summed E-state index contributed by atoms with van der Waals surface area (Å²) in [5, 5.41) is 11.4. The van der Waals surface area contributed by atoms with E-state index in [9.17, 15) is 14.7 Å². The summed E-state index contributed by atoms with van der Waals surface area (Å²) in [6.07, 6.45) is 0. The van der Waals surface area contributed by atoms with Crippen molar-refractivity contribution in [1.82, 2.24) is 4.98 Å². The number of aromatic amines is 1. The molecular formula is C24H19NO4. The molecule has 0 radical (unpaired) electrons. The summed E-state index contributed by atoms with van der Waals surface area (Å²) in [4.78, 5) is 29.4.